The fourth-order valence-electron chi connectivity index (χ4n) is 2.24. The van der Waals surface area contributed by atoms with Gasteiger partial charge in [0.25, 0.3) is 5.91 Å². The van der Waals surface area contributed by atoms with Crippen molar-refractivity contribution in [3.63, 3.8) is 0 Å². The topological polar surface area (TPSA) is 55.6 Å². The summed E-state index contributed by atoms with van der Waals surface area (Å²) in [6.07, 6.45) is 1.92. The van der Waals surface area contributed by atoms with Crippen LogP contribution in [0.15, 0.2) is 18.2 Å². The summed E-state index contributed by atoms with van der Waals surface area (Å²) in [6, 6.07) is 4.94. The molecule has 0 radical (unpaired) electrons. The van der Waals surface area contributed by atoms with E-state index < -0.39 is 0 Å². The van der Waals surface area contributed by atoms with Crippen molar-refractivity contribution in [3.8, 4) is 5.75 Å². The zero-order valence-corrected chi connectivity index (χ0v) is 12.7. The van der Waals surface area contributed by atoms with Crippen LogP contribution < -0.4 is 10.5 Å². The Morgan fingerprint density at radius 3 is 2.65 bits per heavy atom. The number of hydrogen-bond donors (Lipinski definition) is 1. The third-order valence-electron chi connectivity index (χ3n) is 3.55. The number of carbonyl (C=O) groups is 1. The van der Waals surface area contributed by atoms with Crippen LogP contribution in [0, 0.1) is 5.92 Å². The van der Waals surface area contributed by atoms with Crippen molar-refractivity contribution in [1.29, 1.82) is 0 Å². The fourth-order valence-corrected chi connectivity index (χ4v) is 2.70. The van der Waals surface area contributed by atoms with E-state index in [9.17, 15) is 4.79 Å². The monoisotopic (exact) mass is 316 g/mol. The first-order chi connectivity index (χ1) is 9.60. The molecule has 0 aliphatic carbocycles. The van der Waals surface area contributed by atoms with E-state index in [0.29, 0.717) is 28.3 Å². The van der Waals surface area contributed by atoms with Crippen molar-refractivity contribution in [2.45, 2.75) is 12.8 Å². The average Bonchev–Trinajstić information content (AvgIpc) is 2.46. The van der Waals surface area contributed by atoms with Gasteiger partial charge in [-0.25, -0.2) is 0 Å². The van der Waals surface area contributed by atoms with E-state index in [1.165, 1.54) is 0 Å². The van der Waals surface area contributed by atoms with Gasteiger partial charge < -0.3 is 15.4 Å². The Bertz CT molecular complexity index is 474. The van der Waals surface area contributed by atoms with Crippen molar-refractivity contribution in [2.75, 3.05) is 26.2 Å². The molecular formula is C14H18Cl2N2O2. The Labute approximate surface area is 128 Å². The molecule has 1 aromatic carbocycles. The van der Waals surface area contributed by atoms with Gasteiger partial charge in [0.2, 0.25) is 0 Å². The largest absolute Gasteiger partial charge is 0.482 e. The molecular weight excluding hydrogens is 299 g/mol. The Kier molecular flexibility index (Phi) is 5.52. The predicted octanol–water partition coefficient (Wildman–Crippen LogP) is 2.57. The standard InChI is InChI=1S/C14H18Cl2N2O2/c15-11-1-2-13(12(16)7-11)20-9-14(19)18-5-3-10(8-17)4-6-18/h1-2,7,10H,3-6,8-9,17H2. The van der Waals surface area contributed by atoms with Gasteiger partial charge in [-0.1, -0.05) is 23.2 Å². The Morgan fingerprint density at radius 1 is 1.35 bits per heavy atom. The molecule has 110 valence electrons. The lowest BCUT2D eigenvalue weighted by Gasteiger charge is -2.31. The highest BCUT2D eigenvalue weighted by molar-refractivity contribution is 6.35. The van der Waals surface area contributed by atoms with Gasteiger partial charge in [0.05, 0.1) is 5.02 Å². The van der Waals surface area contributed by atoms with Crippen LogP contribution in [0.3, 0.4) is 0 Å². The van der Waals surface area contributed by atoms with Crippen molar-refractivity contribution in [1.82, 2.24) is 4.90 Å². The molecule has 2 N–H and O–H groups in total. The van der Waals surface area contributed by atoms with Crippen LogP contribution in [-0.2, 0) is 4.79 Å². The molecule has 1 amide bonds. The number of likely N-dealkylation sites (tertiary alicyclic amines) is 1. The van der Waals surface area contributed by atoms with Crippen LogP contribution in [-0.4, -0.2) is 37.0 Å². The molecule has 1 heterocycles. The summed E-state index contributed by atoms with van der Waals surface area (Å²) >= 11 is 11.8. The summed E-state index contributed by atoms with van der Waals surface area (Å²) in [7, 11) is 0. The molecule has 1 saturated heterocycles. The first-order valence-electron chi connectivity index (χ1n) is 6.66. The van der Waals surface area contributed by atoms with Crippen molar-refractivity contribution < 1.29 is 9.53 Å². The second-order valence-electron chi connectivity index (χ2n) is 4.92. The predicted molar refractivity (Wildman–Crippen MR) is 80.3 cm³/mol. The van der Waals surface area contributed by atoms with Gasteiger partial charge >= 0.3 is 0 Å². The van der Waals surface area contributed by atoms with Gasteiger partial charge in [-0.15, -0.1) is 0 Å². The number of ether oxygens (including phenoxy) is 1. The second kappa shape index (κ2) is 7.16. The third kappa shape index (κ3) is 4.01. The maximum Gasteiger partial charge on any atom is 0.260 e. The van der Waals surface area contributed by atoms with Crippen LogP contribution in [0.2, 0.25) is 10.0 Å². The first-order valence-corrected chi connectivity index (χ1v) is 7.41. The second-order valence-corrected chi connectivity index (χ2v) is 5.77. The normalized spacial score (nSPS) is 16.2. The van der Waals surface area contributed by atoms with Gasteiger partial charge in [0.15, 0.2) is 6.61 Å². The minimum Gasteiger partial charge on any atom is -0.482 e. The Hall–Kier alpha value is -0.970. The molecule has 1 aliphatic rings. The molecule has 4 nitrogen and oxygen atoms in total. The van der Waals surface area contributed by atoms with Crippen molar-refractivity contribution in [2.24, 2.45) is 11.7 Å². The lowest BCUT2D eigenvalue weighted by molar-refractivity contribution is -0.134. The third-order valence-corrected chi connectivity index (χ3v) is 4.08. The maximum absolute atomic E-state index is 12.0. The molecule has 0 spiro atoms. The van der Waals surface area contributed by atoms with Gasteiger partial charge in [-0.3, -0.25) is 4.79 Å². The number of amides is 1. The van der Waals surface area contributed by atoms with Crippen LogP contribution in [0.5, 0.6) is 5.75 Å². The van der Waals surface area contributed by atoms with Crippen LogP contribution in [0.1, 0.15) is 12.8 Å². The number of piperidine rings is 1. The SMILES string of the molecule is NCC1CCN(C(=O)COc2ccc(Cl)cc2Cl)CC1. The van der Waals surface area contributed by atoms with Gasteiger partial charge in [0.1, 0.15) is 5.75 Å². The average molecular weight is 317 g/mol. The number of nitrogens with two attached hydrogens (primary N) is 1. The van der Waals surface area contributed by atoms with E-state index in [2.05, 4.69) is 0 Å². The number of hydrogen-bond acceptors (Lipinski definition) is 3. The summed E-state index contributed by atoms with van der Waals surface area (Å²) < 4.78 is 5.45. The number of rotatable bonds is 4. The van der Waals surface area contributed by atoms with E-state index in [0.717, 1.165) is 25.9 Å². The van der Waals surface area contributed by atoms with E-state index >= 15 is 0 Å². The summed E-state index contributed by atoms with van der Waals surface area (Å²) in [5.74, 6) is 0.985. The molecule has 0 aromatic heterocycles. The zero-order chi connectivity index (χ0) is 14.5. The first kappa shape index (κ1) is 15.4. The summed E-state index contributed by atoms with van der Waals surface area (Å²) in [4.78, 5) is 13.9. The highest BCUT2D eigenvalue weighted by Gasteiger charge is 2.22. The van der Waals surface area contributed by atoms with E-state index in [-0.39, 0.29) is 12.5 Å². The summed E-state index contributed by atoms with van der Waals surface area (Å²) in [5.41, 5.74) is 5.63. The molecule has 1 fully saturated rings. The van der Waals surface area contributed by atoms with Crippen molar-refractivity contribution in [3.05, 3.63) is 28.2 Å². The molecule has 1 aromatic rings. The van der Waals surface area contributed by atoms with E-state index in [4.69, 9.17) is 33.7 Å². The number of halogens is 2. The van der Waals surface area contributed by atoms with Gasteiger partial charge in [-0.2, -0.15) is 0 Å². The molecule has 0 bridgehead atoms. The highest BCUT2D eigenvalue weighted by Crippen LogP contribution is 2.27. The van der Waals surface area contributed by atoms with Crippen molar-refractivity contribution >= 4 is 29.1 Å². The maximum atomic E-state index is 12.0. The number of nitrogens with zero attached hydrogens (tertiary/aromatic N) is 1. The fraction of sp³-hybridized carbons (Fsp3) is 0.500. The lowest BCUT2D eigenvalue weighted by Crippen LogP contribution is -2.42. The van der Waals surface area contributed by atoms with Gasteiger partial charge in [-0.05, 0) is 43.5 Å². The smallest absolute Gasteiger partial charge is 0.260 e. The highest BCUT2D eigenvalue weighted by atomic mass is 35.5. The lowest BCUT2D eigenvalue weighted by atomic mass is 9.97. The van der Waals surface area contributed by atoms with Crippen LogP contribution in [0.4, 0.5) is 0 Å². The zero-order valence-electron chi connectivity index (χ0n) is 11.1. The molecule has 20 heavy (non-hydrogen) atoms. The summed E-state index contributed by atoms with van der Waals surface area (Å²) in [5, 5.41) is 0.949. The quantitative estimate of drug-likeness (QED) is 0.928. The summed E-state index contributed by atoms with van der Waals surface area (Å²) in [6.45, 7) is 2.18. The number of benzene rings is 1. The minimum atomic E-state index is -0.0218. The Balaban J connectivity index is 1.83. The molecule has 6 heteroatoms. The van der Waals surface area contributed by atoms with Crippen LogP contribution >= 0.6 is 23.2 Å². The molecule has 0 saturated carbocycles. The molecule has 2 rings (SSSR count). The van der Waals surface area contributed by atoms with E-state index in [1.54, 1.807) is 18.2 Å². The molecule has 1 aliphatic heterocycles. The molecule has 0 atom stereocenters. The Morgan fingerprint density at radius 2 is 2.05 bits per heavy atom. The minimum absolute atomic E-state index is 0.00531. The van der Waals surface area contributed by atoms with Crippen LogP contribution in [0.25, 0.3) is 0 Å². The number of carbonyl (C=O) groups excluding carboxylic acids is 1. The molecule has 0 unspecified atom stereocenters. The van der Waals surface area contributed by atoms with Gasteiger partial charge in [0, 0.05) is 18.1 Å². The van der Waals surface area contributed by atoms with E-state index in [1.807, 2.05) is 4.90 Å².